The normalized spacial score (nSPS) is 18.4. The molecule has 2 aliphatic rings. The van der Waals surface area contributed by atoms with Gasteiger partial charge in [0, 0.05) is 17.0 Å². The Balaban J connectivity index is 0.00000232. The highest BCUT2D eigenvalue weighted by atomic mass is 32.3. The third-order valence-corrected chi connectivity index (χ3v) is 10.1. The molecule has 1 aromatic carbocycles. The van der Waals surface area contributed by atoms with Gasteiger partial charge >= 0.3 is 5.97 Å². The second-order valence-electron chi connectivity index (χ2n) is 13.5. The summed E-state index contributed by atoms with van der Waals surface area (Å²) in [7, 11) is -5.28. The first kappa shape index (κ1) is 44.3. The van der Waals surface area contributed by atoms with Gasteiger partial charge < -0.3 is 46.9 Å². The number of nitrogen functional groups attached to an aromatic ring is 1. The molecule has 2 amide bonds. The summed E-state index contributed by atoms with van der Waals surface area (Å²) in [4.78, 5) is 57.0. The molecule has 3 aromatic rings. The number of aliphatic carboxylic acids is 1. The van der Waals surface area contributed by atoms with Gasteiger partial charge in [-0.3, -0.25) is 19.7 Å². The summed E-state index contributed by atoms with van der Waals surface area (Å²) >= 11 is 0.963. The lowest BCUT2D eigenvalue weighted by molar-refractivity contribution is -0.682. The van der Waals surface area contributed by atoms with Crippen LogP contribution in [0.1, 0.15) is 51.3 Å². The molecule has 5 rings (SSSR count). The molecule has 0 radical (unpaired) electrons. The van der Waals surface area contributed by atoms with Crippen LogP contribution in [0.5, 0.6) is 5.75 Å². The molecule has 1 fully saturated rings. The van der Waals surface area contributed by atoms with Crippen molar-refractivity contribution < 1.29 is 60.8 Å². The summed E-state index contributed by atoms with van der Waals surface area (Å²) in [5.74, 6) is -2.09. The highest BCUT2D eigenvalue weighted by Gasteiger charge is 2.57. The molecule has 0 saturated carbocycles. The minimum Gasteiger partial charge on any atom is -0.724 e. The number of hydrogen-bond donors (Lipinski definition) is 7. The number of rotatable bonds is 17. The van der Waals surface area contributed by atoms with Crippen molar-refractivity contribution >= 4 is 62.7 Å². The Labute approximate surface area is 331 Å². The molecule has 2 aliphatic heterocycles. The first-order valence-electron chi connectivity index (χ1n) is 17.5. The third kappa shape index (κ3) is 10.5. The number of amides is 2. The summed E-state index contributed by atoms with van der Waals surface area (Å²) in [6.45, 7) is 6.29. The smallest absolute Gasteiger partial charge is 0.354 e. The number of carboxylic acid groups (broad SMARTS) is 2. The van der Waals surface area contributed by atoms with Gasteiger partial charge in [0.15, 0.2) is 16.9 Å². The number of carbonyl (C=O) groups is 4. The van der Waals surface area contributed by atoms with Crippen LogP contribution in [0, 0.1) is 0 Å². The van der Waals surface area contributed by atoms with E-state index in [0.29, 0.717) is 30.3 Å². The molecular weight excluding hydrogens is 791 g/mol. The number of nitrogens with zero attached hydrogens (tertiary/aromatic N) is 4. The Morgan fingerprint density at radius 1 is 1.23 bits per heavy atom. The van der Waals surface area contributed by atoms with Gasteiger partial charge in [-0.25, -0.2) is 22.8 Å². The summed E-state index contributed by atoms with van der Waals surface area (Å²) in [5.41, 5.74) is 15.8. The third-order valence-electron chi connectivity index (χ3n) is 9.12. The lowest BCUT2D eigenvalue weighted by Gasteiger charge is -2.51. The van der Waals surface area contributed by atoms with Crippen LogP contribution >= 0.6 is 11.3 Å². The number of fused-ring (bicyclic) bond motifs is 1. The number of carbonyl (C=O) groups excluding carboxylic acids is 2. The van der Waals surface area contributed by atoms with E-state index in [-0.39, 0.29) is 23.7 Å². The van der Waals surface area contributed by atoms with E-state index in [1.807, 2.05) is 30.5 Å². The largest absolute Gasteiger partial charge is 0.724 e. The van der Waals surface area contributed by atoms with Crippen molar-refractivity contribution in [3.63, 3.8) is 0 Å². The maximum Gasteiger partial charge on any atom is 0.354 e. The Morgan fingerprint density at radius 2 is 1.91 bits per heavy atom. The van der Waals surface area contributed by atoms with Crippen molar-refractivity contribution in [3.05, 3.63) is 53.2 Å². The molecule has 1 unspecified atom stereocenters. The van der Waals surface area contributed by atoms with Crippen molar-refractivity contribution in [1.29, 1.82) is 0 Å². The van der Waals surface area contributed by atoms with Gasteiger partial charge in [-0.15, -0.1) is 11.3 Å². The SMILES string of the molecule is CC(O/N=C(\C(=O)N[C@@H]1C(=O)N(OS(=O)(=O)[O-])C1(C)C)c1csc(N)n1)(C(=O)O)[C@H]1CCc2cc(-c3ccc(NCCCN)[n+](CCCN)c3)ccc2O1.O=CO. The number of pyridine rings is 1. The van der Waals surface area contributed by atoms with E-state index in [4.69, 9.17) is 36.7 Å². The highest BCUT2D eigenvalue weighted by molar-refractivity contribution is 7.80. The average molecular weight is 836 g/mol. The van der Waals surface area contributed by atoms with E-state index in [1.165, 1.54) is 26.2 Å². The summed E-state index contributed by atoms with van der Waals surface area (Å²) < 4.78 is 45.8. The van der Waals surface area contributed by atoms with Gasteiger partial charge in [0.1, 0.15) is 17.5 Å². The van der Waals surface area contributed by atoms with E-state index >= 15 is 0 Å². The molecule has 0 spiro atoms. The molecule has 23 heteroatoms. The molecule has 1 saturated heterocycles. The van der Waals surface area contributed by atoms with Crippen LogP contribution in [0.3, 0.4) is 0 Å². The van der Waals surface area contributed by atoms with Crippen LogP contribution in [-0.2, 0) is 51.7 Å². The first-order chi connectivity index (χ1) is 26.9. The topological polar surface area (TPSA) is 328 Å². The lowest BCUT2D eigenvalue weighted by atomic mass is 9.84. The van der Waals surface area contributed by atoms with Crippen LogP contribution in [0.25, 0.3) is 11.1 Å². The second-order valence-corrected chi connectivity index (χ2v) is 15.3. The van der Waals surface area contributed by atoms with Crippen molar-refractivity contribution in [1.82, 2.24) is 15.4 Å². The van der Waals surface area contributed by atoms with Crippen molar-refractivity contribution in [2.75, 3.05) is 30.7 Å². The number of carboxylic acids is 1. The number of nitrogens with two attached hydrogens (primary N) is 3. The van der Waals surface area contributed by atoms with Gasteiger partial charge in [-0.2, -0.15) is 9.35 Å². The molecule has 0 bridgehead atoms. The van der Waals surface area contributed by atoms with Gasteiger partial charge in [-0.05, 0) is 88.9 Å². The molecule has 21 nitrogen and oxygen atoms in total. The summed E-state index contributed by atoms with van der Waals surface area (Å²) in [6.07, 6.45) is 3.26. The van der Waals surface area contributed by atoms with Crippen molar-refractivity contribution in [2.24, 2.45) is 16.6 Å². The van der Waals surface area contributed by atoms with Gasteiger partial charge in [-0.1, -0.05) is 11.2 Å². The van der Waals surface area contributed by atoms with E-state index in [9.17, 15) is 32.5 Å². The average Bonchev–Trinajstić information content (AvgIpc) is 3.60. The van der Waals surface area contributed by atoms with Gasteiger partial charge in [0.05, 0.1) is 24.8 Å². The fraction of sp³-hybridized carbons (Fsp3) is 0.441. The van der Waals surface area contributed by atoms with E-state index < -0.39 is 57.2 Å². The zero-order valence-corrected chi connectivity index (χ0v) is 32.9. The molecule has 310 valence electrons. The Hall–Kier alpha value is -5.46. The standard InChI is InChI=1S/C33H43N9O10S2.CH2O2/c1-32(2)27(29(44)42(32)52-54(47,48)49)39-28(43)26(22-18-53-31(36)38-22)40-51-33(3,30(45)46)24-10-7-20-16-19(6-9-23(20)50-24)21-8-11-25(37-14-4-12-34)41(17-21)15-5-13-35;2-1-3/h6,8-9,11,16-18,24,27H,4-5,7,10,12-15,34-35H2,1-3H3,(H5,36,38,39,43,45,46,47,48,49);1H,(H,2,3)/b40-26-;/t24-,27-,33?;/m1./s1. The van der Waals surface area contributed by atoms with Crippen LogP contribution in [0.4, 0.5) is 10.9 Å². The monoisotopic (exact) mass is 835 g/mol. The molecule has 2 aromatic heterocycles. The van der Waals surface area contributed by atoms with Crippen LogP contribution in [0.2, 0.25) is 0 Å². The zero-order valence-electron chi connectivity index (χ0n) is 31.2. The summed E-state index contributed by atoms with van der Waals surface area (Å²) in [6, 6.07) is 8.28. The van der Waals surface area contributed by atoms with Gasteiger partial charge in [0.25, 0.3) is 29.7 Å². The number of aryl methyl sites for hydroxylation is 2. The van der Waals surface area contributed by atoms with Crippen LogP contribution in [0.15, 0.2) is 47.1 Å². The number of ether oxygens (including phenoxy) is 1. The Morgan fingerprint density at radius 3 is 2.51 bits per heavy atom. The molecule has 0 aliphatic carbocycles. The number of hydroxylamine groups is 2. The highest BCUT2D eigenvalue weighted by Crippen LogP contribution is 2.37. The molecular formula is C34H45N9O12S2. The molecule has 3 atom stereocenters. The molecule has 57 heavy (non-hydrogen) atoms. The fourth-order valence-electron chi connectivity index (χ4n) is 5.99. The Bertz CT molecular complexity index is 2100. The minimum absolute atomic E-state index is 0.0545. The number of oxime groups is 1. The number of thiazole rings is 1. The maximum absolute atomic E-state index is 13.5. The quantitative estimate of drug-likeness (QED) is 0.0137. The number of nitrogens with one attached hydrogen (secondary N) is 2. The number of aromatic nitrogens is 2. The number of anilines is 2. The summed E-state index contributed by atoms with van der Waals surface area (Å²) in [5, 5.41) is 28.8. The molecule has 4 heterocycles. The fourth-order valence-corrected chi connectivity index (χ4v) is 6.99. The van der Waals surface area contributed by atoms with E-state index in [2.05, 4.69) is 29.6 Å². The lowest BCUT2D eigenvalue weighted by Crippen LogP contribution is -2.76. The number of hydrogen-bond acceptors (Lipinski definition) is 17. The van der Waals surface area contributed by atoms with Crippen molar-refractivity contribution in [3.8, 4) is 16.9 Å². The van der Waals surface area contributed by atoms with E-state index in [0.717, 1.165) is 59.8 Å². The van der Waals surface area contributed by atoms with Gasteiger partial charge in [0.2, 0.25) is 10.4 Å². The number of benzene rings is 1. The van der Waals surface area contributed by atoms with Crippen LogP contribution in [-0.4, -0.2) is 106 Å². The maximum atomic E-state index is 13.5. The minimum atomic E-state index is -5.28. The second kappa shape index (κ2) is 18.7. The number of β-lactam (4-membered cyclic amide) rings is 1. The van der Waals surface area contributed by atoms with Crippen LogP contribution < -0.4 is 37.1 Å². The van der Waals surface area contributed by atoms with Crippen molar-refractivity contribution in [2.45, 2.75) is 76.3 Å². The first-order valence-corrected chi connectivity index (χ1v) is 19.7. The zero-order chi connectivity index (χ0) is 42.1. The predicted molar refractivity (Wildman–Crippen MR) is 203 cm³/mol. The van der Waals surface area contributed by atoms with E-state index in [1.54, 1.807) is 6.07 Å². The Kier molecular flexibility index (Phi) is 14.5. The predicted octanol–water partition coefficient (Wildman–Crippen LogP) is -0.0547. The molecule has 10 N–H and O–H groups in total.